The Bertz CT molecular complexity index is 452. The fourth-order valence-corrected chi connectivity index (χ4v) is 1.84. The lowest BCUT2D eigenvalue weighted by Crippen LogP contribution is -2.45. The maximum absolute atomic E-state index is 6.15. The minimum absolute atomic E-state index is 0.0780. The van der Waals surface area contributed by atoms with Crippen LogP contribution in [0.3, 0.4) is 0 Å². The molecule has 0 aliphatic rings. The summed E-state index contributed by atoms with van der Waals surface area (Å²) >= 11 is 6.15. The SMILES string of the molecule is COc1ccc(CCN=C(N)NC(C)(C)C)c(Cl)c1. The molecule has 0 unspecified atom stereocenters. The van der Waals surface area contributed by atoms with Crippen molar-refractivity contribution in [2.45, 2.75) is 32.7 Å². The minimum atomic E-state index is -0.0780. The van der Waals surface area contributed by atoms with Crippen LogP contribution in [0.4, 0.5) is 0 Å². The smallest absolute Gasteiger partial charge is 0.188 e. The number of nitrogens with one attached hydrogen (secondary N) is 1. The first kappa shape index (κ1) is 15.6. The predicted octanol–water partition coefficient (Wildman–Crippen LogP) is 2.59. The van der Waals surface area contributed by atoms with Gasteiger partial charge in [-0.05, 0) is 44.9 Å². The molecule has 0 saturated carbocycles. The zero-order valence-corrected chi connectivity index (χ0v) is 12.7. The first-order chi connectivity index (χ1) is 8.81. The largest absolute Gasteiger partial charge is 0.497 e. The van der Waals surface area contributed by atoms with Gasteiger partial charge in [0.15, 0.2) is 5.96 Å². The topological polar surface area (TPSA) is 59.6 Å². The van der Waals surface area contributed by atoms with Crippen LogP contribution in [0.25, 0.3) is 0 Å². The molecule has 0 atom stereocenters. The summed E-state index contributed by atoms with van der Waals surface area (Å²) in [5.41, 5.74) is 6.75. The van der Waals surface area contributed by atoms with Gasteiger partial charge < -0.3 is 15.8 Å². The Labute approximate surface area is 120 Å². The number of halogens is 1. The van der Waals surface area contributed by atoms with E-state index in [2.05, 4.69) is 10.3 Å². The van der Waals surface area contributed by atoms with E-state index in [1.807, 2.05) is 32.9 Å². The second-order valence-corrected chi connectivity index (χ2v) is 5.76. The Hall–Kier alpha value is -1.42. The van der Waals surface area contributed by atoms with Crippen LogP contribution in [0.2, 0.25) is 5.02 Å². The molecule has 1 rings (SSSR count). The van der Waals surface area contributed by atoms with Gasteiger partial charge in [0.25, 0.3) is 0 Å². The number of methoxy groups -OCH3 is 1. The first-order valence-electron chi connectivity index (χ1n) is 6.22. The summed E-state index contributed by atoms with van der Waals surface area (Å²) in [5.74, 6) is 1.21. The maximum atomic E-state index is 6.15. The van der Waals surface area contributed by atoms with Crippen LogP contribution >= 0.6 is 11.6 Å². The highest BCUT2D eigenvalue weighted by Gasteiger charge is 2.09. The van der Waals surface area contributed by atoms with E-state index in [1.165, 1.54) is 0 Å². The third-order valence-electron chi connectivity index (χ3n) is 2.43. The van der Waals surface area contributed by atoms with E-state index < -0.39 is 0 Å². The number of aliphatic imine (C=N–C) groups is 1. The molecular formula is C14H22ClN3O. The molecule has 0 heterocycles. The van der Waals surface area contributed by atoms with Crippen molar-refractivity contribution in [3.8, 4) is 5.75 Å². The van der Waals surface area contributed by atoms with E-state index in [0.29, 0.717) is 17.5 Å². The number of ether oxygens (including phenoxy) is 1. The second-order valence-electron chi connectivity index (χ2n) is 5.35. The molecule has 106 valence electrons. The lowest BCUT2D eigenvalue weighted by molar-refractivity contribution is 0.414. The van der Waals surface area contributed by atoms with Gasteiger partial charge in [-0.15, -0.1) is 0 Å². The predicted molar refractivity (Wildman–Crippen MR) is 81.1 cm³/mol. The summed E-state index contributed by atoms with van der Waals surface area (Å²) in [6.45, 7) is 6.71. The number of rotatable bonds is 4. The molecule has 0 aromatic heterocycles. The van der Waals surface area contributed by atoms with Crippen molar-refractivity contribution in [1.82, 2.24) is 5.32 Å². The van der Waals surface area contributed by atoms with Crippen molar-refractivity contribution in [3.63, 3.8) is 0 Å². The normalized spacial score (nSPS) is 12.4. The molecule has 0 bridgehead atoms. The molecule has 0 aliphatic heterocycles. The fourth-order valence-electron chi connectivity index (χ4n) is 1.58. The molecule has 5 heteroatoms. The molecule has 19 heavy (non-hydrogen) atoms. The van der Waals surface area contributed by atoms with Crippen LogP contribution in [0.1, 0.15) is 26.3 Å². The van der Waals surface area contributed by atoms with Gasteiger partial charge in [-0.3, -0.25) is 4.99 Å². The molecule has 1 aromatic rings. The highest BCUT2D eigenvalue weighted by molar-refractivity contribution is 6.31. The zero-order chi connectivity index (χ0) is 14.5. The van der Waals surface area contributed by atoms with Crippen molar-refractivity contribution in [1.29, 1.82) is 0 Å². The van der Waals surface area contributed by atoms with Gasteiger partial charge in [0.1, 0.15) is 5.75 Å². The second kappa shape index (κ2) is 6.66. The third kappa shape index (κ3) is 5.83. The number of nitrogens with zero attached hydrogens (tertiary/aromatic N) is 1. The first-order valence-corrected chi connectivity index (χ1v) is 6.60. The molecule has 0 saturated heterocycles. The molecule has 0 amide bonds. The van der Waals surface area contributed by atoms with Crippen LogP contribution in [-0.4, -0.2) is 25.2 Å². The van der Waals surface area contributed by atoms with Gasteiger partial charge in [-0.1, -0.05) is 17.7 Å². The van der Waals surface area contributed by atoms with E-state index in [-0.39, 0.29) is 5.54 Å². The Balaban J connectivity index is 2.55. The molecular weight excluding hydrogens is 262 g/mol. The highest BCUT2D eigenvalue weighted by atomic mass is 35.5. The zero-order valence-electron chi connectivity index (χ0n) is 12.0. The van der Waals surface area contributed by atoms with Gasteiger partial charge in [0, 0.05) is 17.1 Å². The Kier molecular flexibility index (Phi) is 5.48. The van der Waals surface area contributed by atoms with E-state index >= 15 is 0 Å². The van der Waals surface area contributed by atoms with Gasteiger partial charge in [-0.2, -0.15) is 0 Å². The van der Waals surface area contributed by atoms with Crippen LogP contribution in [0.5, 0.6) is 5.75 Å². The lowest BCUT2D eigenvalue weighted by atomic mass is 10.1. The Morgan fingerprint density at radius 2 is 2.11 bits per heavy atom. The summed E-state index contributed by atoms with van der Waals surface area (Å²) in [6, 6.07) is 5.64. The monoisotopic (exact) mass is 283 g/mol. The van der Waals surface area contributed by atoms with Crippen molar-refractivity contribution in [3.05, 3.63) is 28.8 Å². The minimum Gasteiger partial charge on any atom is -0.497 e. The van der Waals surface area contributed by atoms with E-state index in [1.54, 1.807) is 13.2 Å². The number of hydrogen-bond acceptors (Lipinski definition) is 2. The van der Waals surface area contributed by atoms with Gasteiger partial charge in [0.2, 0.25) is 0 Å². The molecule has 0 aliphatic carbocycles. The molecule has 0 fully saturated rings. The van der Waals surface area contributed by atoms with Gasteiger partial charge >= 0.3 is 0 Å². The fraction of sp³-hybridized carbons (Fsp3) is 0.500. The average Bonchev–Trinajstić information content (AvgIpc) is 2.28. The molecule has 0 spiro atoms. The summed E-state index contributed by atoms with van der Waals surface area (Å²) in [4.78, 5) is 4.28. The standard InChI is InChI=1S/C14H22ClN3O/c1-14(2,3)18-13(16)17-8-7-10-5-6-11(19-4)9-12(10)15/h5-6,9H,7-8H2,1-4H3,(H3,16,17,18). The summed E-state index contributed by atoms with van der Waals surface area (Å²) < 4.78 is 5.11. The van der Waals surface area contributed by atoms with Gasteiger partial charge in [0.05, 0.1) is 7.11 Å². The summed E-state index contributed by atoms with van der Waals surface area (Å²) in [7, 11) is 1.62. The highest BCUT2D eigenvalue weighted by Crippen LogP contribution is 2.22. The van der Waals surface area contributed by atoms with Crippen molar-refractivity contribution < 1.29 is 4.74 Å². The van der Waals surface area contributed by atoms with Crippen LogP contribution in [-0.2, 0) is 6.42 Å². The van der Waals surface area contributed by atoms with E-state index in [4.69, 9.17) is 22.1 Å². The molecule has 4 nitrogen and oxygen atoms in total. The van der Waals surface area contributed by atoms with Crippen molar-refractivity contribution in [2.24, 2.45) is 10.7 Å². The molecule has 0 radical (unpaired) electrons. The number of benzene rings is 1. The van der Waals surface area contributed by atoms with Crippen LogP contribution in [0, 0.1) is 0 Å². The third-order valence-corrected chi connectivity index (χ3v) is 2.78. The quantitative estimate of drug-likeness (QED) is 0.660. The molecule has 1 aromatic carbocycles. The van der Waals surface area contributed by atoms with Crippen molar-refractivity contribution >= 4 is 17.6 Å². The number of guanidine groups is 1. The number of nitrogens with two attached hydrogens (primary N) is 1. The Morgan fingerprint density at radius 3 is 2.63 bits per heavy atom. The Morgan fingerprint density at radius 1 is 1.42 bits per heavy atom. The van der Waals surface area contributed by atoms with Gasteiger partial charge in [-0.25, -0.2) is 0 Å². The summed E-state index contributed by atoms with van der Waals surface area (Å²) in [5, 5.41) is 3.80. The lowest BCUT2D eigenvalue weighted by Gasteiger charge is -2.21. The molecule has 3 N–H and O–H groups in total. The number of hydrogen-bond donors (Lipinski definition) is 2. The van der Waals surface area contributed by atoms with Crippen LogP contribution in [0.15, 0.2) is 23.2 Å². The maximum Gasteiger partial charge on any atom is 0.188 e. The van der Waals surface area contributed by atoms with Crippen LogP contribution < -0.4 is 15.8 Å². The average molecular weight is 284 g/mol. The van der Waals surface area contributed by atoms with Crippen molar-refractivity contribution in [2.75, 3.05) is 13.7 Å². The van der Waals surface area contributed by atoms with E-state index in [0.717, 1.165) is 17.7 Å². The summed E-state index contributed by atoms with van der Waals surface area (Å²) in [6.07, 6.45) is 0.745. The van der Waals surface area contributed by atoms with E-state index in [9.17, 15) is 0 Å².